The molecule has 1 aliphatic rings. The number of nitrogens with one attached hydrogen (secondary N) is 3. The maximum atomic E-state index is 12.5. The molecule has 1 aliphatic carbocycles. The van der Waals surface area contributed by atoms with Crippen molar-refractivity contribution in [3.05, 3.63) is 95.1 Å². The number of nitrogens with two attached hydrogens (primary N) is 2. The molecule has 9 nitrogen and oxygen atoms in total. The van der Waals surface area contributed by atoms with Crippen LogP contribution in [0.1, 0.15) is 39.5 Å². The minimum Gasteiger partial charge on any atom is -0.397 e. The first kappa shape index (κ1) is 22.1. The predicted molar refractivity (Wildman–Crippen MR) is 138 cm³/mol. The zero-order chi connectivity index (χ0) is 24.2. The van der Waals surface area contributed by atoms with Gasteiger partial charge in [-0.1, -0.05) is 48.5 Å². The van der Waals surface area contributed by atoms with Crippen LogP contribution in [0.5, 0.6) is 0 Å². The third-order valence-electron chi connectivity index (χ3n) is 5.96. The molecule has 4 aromatic rings. The molecule has 0 saturated heterocycles. The summed E-state index contributed by atoms with van der Waals surface area (Å²) in [7, 11) is 0. The molecule has 176 valence electrons. The van der Waals surface area contributed by atoms with E-state index in [2.05, 4.69) is 49.1 Å². The lowest BCUT2D eigenvalue weighted by Crippen LogP contribution is -2.14. The van der Waals surface area contributed by atoms with Crippen molar-refractivity contribution in [1.82, 2.24) is 15.0 Å². The van der Waals surface area contributed by atoms with Gasteiger partial charge in [0.2, 0.25) is 17.8 Å². The minimum absolute atomic E-state index is 0.142. The molecular formula is C26H26N8O. The molecule has 1 heterocycles. The molecule has 3 aromatic carbocycles. The lowest BCUT2D eigenvalue weighted by atomic mass is 10.1. The number of carbonyl (C=O) groups is 1. The standard InChI is InChI=1S/C26H26N8O/c27-20-7-3-4-8-22(20)30-23(35)18-11-9-16(10-12-18)15-29-25-32-24(28)33-26(34-25)31-21-14-13-17-5-1-2-6-19(17)21/h1-12,21H,13-15,27H2,(H,30,35)(H4,28,29,31,32,33,34). The van der Waals surface area contributed by atoms with Gasteiger partial charge in [-0.2, -0.15) is 15.0 Å². The van der Waals surface area contributed by atoms with Crippen LogP contribution < -0.4 is 27.4 Å². The highest BCUT2D eigenvalue weighted by Crippen LogP contribution is 2.33. The first-order valence-corrected chi connectivity index (χ1v) is 11.4. The zero-order valence-electron chi connectivity index (χ0n) is 19.0. The van der Waals surface area contributed by atoms with Crippen LogP contribution in [0.25, 0.3) is 0 Å². The molecule has 0 spiro atoms. The number of fused-ring (bicyclic) bond motifs is 1. The highest BCUT2D eigenvalue weighted by atomic mass is 16.1. The molecule has 5 rings (SSSR count). The summed E-state index contributed by atoms with van der Waals surface area (Å²) in [5.74, 6) is 0.738. The van der Waals surface area contributed by atoms with Crippen molar-refractivity contribution in [2.75, 3.05) is 27.4 Å². The number of nitrogen functional groups attached to an aromatic ring is 2. The van der Waals surface area contributed by atoms with Crippen LogP contribution in [0, 0.1) is 0 Å². The van der Waals surface area contributed by atoms with Gasteiger partial charge in [0.15, 0.2) is 0 Å². The molecule has 0 radical (unpaired) electrons. The highest BCUT2D eigenvalue weighted by molar-refractivity contribution is 6.05. The minimum atomic E-state index is -0.225. The fraction of sp³-hybridized carbons (Fsp3) is 0.154. The number of carbonyl (C=O) groups excluding carboxylic acids is 1. The molecule has 9 heteroatoms. The summed E-state index contributed by atoms with van der Waals surface area (Å²) < 4.78 is 0. The molecule has 1 aromatic heterocycles. The van der Waals surface area contributed by atoms with E-state index >= 15 is 0 Å². The molecule has 0 saturated carbocycles. The second-order valence-electron chi connectivity index (χ2n) is 8.37. The van der Waals surface area contributed by atoms with Gasteiger partial charge < -0.3 is 27.4 Å². The van der Waals surface area contributed by atoms with Gasteiger partial charge in [0, 0.05) is 12.1 Å². The Hall–Kier alpha value is -4.66. The van der Waals surface area contributed by atoms with Crippen LogP contribution in [-0.2, 0) is 13.0 Å². The SMILES string of the molecule is Nc1nc(NCc2ccc(C(=O)Nc3ccccc3N)cc2)nc(NC2CCc3ccccc32)n1. The van der Waals surface area contributed by atoms with Crippen molar-refractivity contribution in [2.45, 2.75) is 25.4 Å². The van der Waals surface area contributed by atoms with Crippen LogP contribution in [0.2, 0.25) is 0 Å². The summed E-state index contributed by atoms with van der Waals surface area (Å²) >= 11 is 0. The van der Waals surface area contributed by atoms with Gasteiger partial charge in [-0.25, -0.2) is 0 Å². The molecule has 1 unspecified atom stereocenters. The summed E-state index contributed by atoms with van der Waals surface area (Å²) in [5, 5.41) is 9.39. The summed E-state index contributed by atoms with van der Waals surface area (Å²) in [6.45, 7) is 0.461. The Morgan fingerprint density at radius 3 is 2.46 bits per heavy atom. The number of para-hydroxylation sites is 2. The number of aromatic nitrogens is 3. The van der Waals surface area contributed by atoms with Gasteiger partial charge in [0.25, 0.3) is 5.91 Å². The van der Waals surface area contributed by atoms with Crippen molar-refractivity contribution in [3.63, 3.8) is 0 Å². The van der Waals surface area contributed by atoms with E-state index in [1.54, 1.807) is 24.3 Å². The fourth-order valence-corrected chi connectivity index (χ4v) is 4.16. The molecule has 1 atom stereocenters. The average Bonchev–Trinajstić information content (AvgIpc) is 3.27. The molecule has 0 bridgehead atoms. The summed E-state index contributed by atoms with van der Waals surface area (Å²) in [4.78, 5) is 25.5. The van der Waals surface area contributed by atoms with E-state index < -0.39 is 0 Å². The van der Waals surface area contributed by atoms with Gasteiger partial charge in [-0.15, -0.1) is 0 Å². The van der Waals surface area contributed by atoms with Gasteiger partial charge in [0.05, 0.1) is 17.4 Å². The lowest BCUT2D eigenvalue weighted by molar-refractivity contribution is 0.102. The molecular weight excluding hydrogens is 440 g/mol. The van der Waals surface area contributed by atoms with E-state index in [-0.39, 0.29) is 17.9 Å². The third-order valence-corrected chi connectivity index (χ3v) is 5.96. The Labute approximate surface area is 203 Å². The largest absolute Gasteiger partial charge is 0.397 e. The first-order chi connectivity index (χ1) is 17.0. The van der Waals surface area contributed by atoms with Crippen LogP contribution in [0.4, 0.5) is 29.2 Å². The van der Waals surface area contributed by atoms with Crippen molar-refractivity contribution >= 4 is 35.1 Å². The van der Waals surface area contributed by atoms with Crippen molar-refractivity contribution < 1.29 is 4.79 Å². The average molecular weight is 467 g/mol. The predicted octanol–water partition coefficient (Wildman–Crippen LogP) is 4.00. The Kier molecular flexibility index (Phi) is 6.13. The zero-order valence-corrected chi connectivity index (χ0v) is 19.0. The Balaban J connectivity index is 1.21. The fourth-order valence-electron chi connectivity index (χ4n) is 4.16. The monoisotopic (exact) mass is 466 g/mol. The second-order valence-corrected chi connectivity index (χ2v) is 8.37. The Bertz CT molecular complexity index is 1360. The number of anilines is 5. The quantitative estimate of drug-likeness (QED) is 0.257. The van der Waals surface area contributed by atoms with Crippen molar-refractivity contribution in [2.24, 2.45) is 0 Å². The lowest BCUT2D eigenvalue weighted by Gasteiger charge is -2.15. The topological polar surface area (TPSA) is 144 Å². The van der Waals surface area contributed by atoms with Crippen LogP contribution in [0.3, 0.4) is 0 Å². The van der Waals surface area contributed by atoms with E-state index in [0.717, 1.165) is 18.4 Å². The number of benzene rings is 3. The van der Waals surface area contributed by atoms with E-state index in [4.69, 9.17) is 11.5 Å². The van der Waals surface area contributed by atoms with Crippen molar-refractivity contribution in [3.8, 4) is 0 Å². The molecule has 7 N–H and O–H groups in total. The van der Waals surface area contributed by atoms with Crippen LogP contribution in [-0.4, -0.2) is 20.9 Å². The van der Waals surface area contributed by atoms with E-state index in [1.165, 1.54) is 11.1 Å². The van der Waals surface area contributed by atoms with E-state index in [0.29, 0.717) is 35.4 Å². The maximum absolute atomic E-state index is 12.5. The Morgan fingerprint density at radius 1 is 0.886 bits per heavy atom. The summed E-state index contributed by atoms with van der Waals surface area (Å²) in [5.41, 5.74) is 17.0. The van der Waals surface area contributed by atoms with E-state index in [1.807, 2.05) is 30.3 Å². The number of aryl methyl sites for hydroxylation is 1. The molecule has 0 aliphatic heterocycles. The summed E-state index contributed by atoms with van der Waals surface area (Å²) in [6.07, 6.45) is 2.00. The molecule has 1 amide bonds. The first-order valence-electron chi connectivity index (χ1n) is 11.4. The number of nitrogens with zero attached hydrogens (tertiary/aromatic N) is 3. The maximum Gasteiger partial charge on any atom is 0.255 e. The van der Waals surface area contributed by atoms with Crippen LogP contribution >= 0.6 is 0 Å². The van der Waals surface area contributed by atoms with Crippen molar-refractivity contribution in [1.29, 1.82) is 0 Å². The number of amides is 1. The van der Waals surface area contributed by atoms with Gasteiger partial charge in [-0.05, 0) is 53.8 Å². The smallest absolute Gasteiger partial charge is 0.255 e. The second kappa shape index (κ2) is 9.68. The third kappa shape index (κ3) is 5.14. The normalized spacial score (nSPS) is 14.2. The molecule has 35 heavy (non-hydrogen) atoms. The van der Waals surface area contributed by atoms with Gasteiger partial charge in [-0.3, -0.25) is 4.79 Å². The number of hydrogen-bond acceptors (Lipinski definition) is 8. The number of hydrogen-bond donors (Lipinski definition) is 5. The van der Waals surface area contributed by atoms with E-state index in [9.17, 15) is 4.79 Å². The highest BCUT2D eigenvalue weighted by Gasteiger charge is 2.22. The summed E-state index contributed by atoms with van der Waals surface area (Å²) in [6, 6.07) is 22.9. The van der Waals surface area contributed by atoms with Crippen LogP contribution in [0.15, 0.2) is 72.8 Å². The van der Waals surface area contributed by atoms with Gasteiger partial charge >= 0.3 is 0 Å². The van der Waals surface area contributed by atoms with Gasteiger partial charge in [0.1, 0.15) is 0 Å². The number of rotatable bonds is 7. The Morgan fingerprint density at radius 2 is 1.63 bits per heavy atom. The molecule has 0 fully saturated rings.